The number of ether oxygens (including phenoxy) is 3. The Morgan fingerprint density at radius 1 is 0.969 bits per heavy atom. The van der Waals surface area contributed by atoms with Crippen LogP contribution in [-0.4, -0.2) is 38.6 Å². The molecule has 9 nitrogen and oxygen atoms in total. The highest BCUT2D eigenvalue weighted by atomic mass is 35.5. The van der Waals surface area contributed by atoms with Gasteiger partial charge in [-0.15, -0.1) is 0 Å². The number of carbonyl (C=O) groups is 3. The Kier molecular flexibility index (Phi) is 7.35. The standard InChI is InChI=1S/C22H19ClN2O7/c1-29-18-10-15(16(11-19(18)30-2)25-21(27)17-4-3-9-31-17)22(28)32-12-20(26)24-14-7-5-13(23)6-8-14/h3-11H,12H2,1-2H3,(H,24,26)(H,25,27). The fourth-order valence-electron chi connectivity index (χ4n) is 2.68. The van der Waals surface area contributed by atoms with E-state index < -0.39 is 24.4 Å². The van der Waals surface area contributed by atoms with E-state index in [1.165, 1.54) is 38.7 Å². The molecular formula is C22H19ClN2O7. The molecule has 1 heterocycles. The number of esters is 1. The molecule has 32 heavy (non-hydrogen) atoms. The first-order valence-corrected chi connectivity index (χ1v) is 9.62. The zero-order valence-electron chi connectivity index (χ0n) is 17.1. The monoisotopic (exact) mass is 458 g/mol. The zero-order valence-corrected chi connectivity index (χ0v) is 17.9. The molecule has 0 aliphatic heterocycles. The number of carbonyl (C=O) groups excluding carboxylic acids is 3. The van der Waals surface area contributed by atoms with Crippen molar-refractivity contribution in [1.29, 1.82) is 0 Å². The molecule has 0 radical (unpaired) electrons. The molecule has 0 aliphatic rings. The first-order valence-electron chi connectivity index (χ1n) is 9.24. The van der Waals surface area contributed by atoms with Gasteiger partial charge in [-0.1, -0.05) is 11.6 Å². The van der Waals surface area contributed by atoms with Gasteiger partial charge < -0.3 is 29.3 Å². The largest absolute Gasteiger partial charge is 0.493 e. The quantitative estimate of drug-likeness (QED) is 0.490. The summed E-state index contributed by atoms with van der Waals surface area (Å²) in [4.78, 5) is 37.2. The minimum Gasteiger partial charge on any atom is -0.493 e. The van der Waals surface area contributed by atoms with Crippen molar-refractivity contribution in [3.63, 3.8) is 0 Å². The summed E-state index contributed by atoms with van der Waals surface area (Å²) >= 11 is 5.81. The predicted molar refractivity (Wildman–Crippen MR) is 117 cm³/mol. The highest BCUT2D eigenvalue weighted by Gasteiger charge is 2.21. The van der Waals surface area contributed by atoms with E-state index in [0.717, 1.165) is 0 Å². The van der Waals surface area contributed by atoms with Crippen molar-refractivity contribution in [2.24, 2.45) is 0 Å². The minimum atomic E-state index is -0.855. The van der Waals surface area contributed by atoms with Gasteiger partial charge in [0.05, 0.1) is 31.7 Å². The van der Waals surface area contributed by atoms with E-state index in [0.29, 0.717) is 10.7 Å². The van der Waals surface area contributed by atoms with Gasteiger partial charge in [0, 0.05) is 22.8 Å². The van der Waals surface area contributed by atoms with E-state index in [1.807, 2.05) is 0 Å². The number of hydrogen-bond donors (Lipinski definition) is 2. The van der Waals surface area contributed by atoms with E-state index in [9.17, 15) is 14.4 Å². The van der Waals surface area contributed by atoms with Crippen LogP contribution < -0.4 is 20.1 Å². The van der Waals surface area contributed by atoms with Crippen LogP contribution in [0.25, 0.3) is 0 Å². The molecule has 0 saturated heterocycles. The van der Waals surface area contributed by atoms with E-state index >= 15 is 0 Å². The normalized spacial score (nSPS) is 10.2. The van der Waals surface area contributed by atoms with Crippen molar-refractivity contribution < 1.29 is 33.0 Å². The molecule has 0 saturated carbocycles. The van der Waals surface area contributed by atoms with Crippen LogP contribution >= 0.6 is 11.6 Å². The lowest BCUT2D eigenvalue weighted by Gasteiger charge is -2.15. The molecule has 0 bridgehead atoms. The Balaban J connectivity index is 1.76. The molecule has 0 spiro atoms. The van der Waals surface area contributed by atoms with E-state index in [1.54, 1.807) is 30.3 Å². The van der Waals surface area contributed by atoms with Gasteiger partial charge >= 0.3 is 5.97 Å². The lowest BCUT2D eigenvalue weighted by molar-refractivity contribution is -0.119. The van der Waals surface area contributed by atoms with Crippen molar-refractivity contribution in [2.45, 2.75) is 0 Å². The lowest BCUT2D eigenvalue weighted by Crippen LogP contribution is -2.22. The van der Waals surface area contributed by atoms with Crippen molar-refractivity contribution in [1.82, 2.24) is 0 Å². The van der Waals surface area contributed by atoms with Crippen LogP contribution in [0, 0.1) is 0 Å². The summed E-state index contributed by atoms with van der Waals surface area (Å²) in [6, 6.07) is 12.2. The van der Waals surface area contributed by atoms with Crippen LogP contribution in [0.1, 0.15) is 20.9 Å². The third-order valence-corrected chi connectivity index (χ3v) is 4.45. The number of benzene rings is 2. The second kappa shape index (κ2) is 10.4. The van der Waals surface area contributed by atoms with Crippen molar-refractivity contribution in [3.05, 3.63) is 71.1 Å². The molecule has 3 aromatic rings. The summed E-state index contributed by atoms with van der Waals surface area (Å²) in [5.41, 5.74) is 0.543. The van der Waals surface area contributed by atoms with Gasteiger partial charge in [-0.25, -0.2) is 4.79 Å². The first-order chi connectivity index (χ1) is 15.4. The van der Waals surface area contributed by atoms with Crippen LogP contribution in [0.15, 0.2) is 59.2 Å². The Hall–Kier alpha value is -3.98. The van der Waals surface area contributed by atoms with Crippen LogP contribution in [0.4, 0.5) is 11.4 Å². The maximum Gasteiger partial charge on any atom is 0.340 e. The van der Waals surface area contributed by atoms with Crippen LogP contribution in [-0.2, 0) is 9.53 Å². The Labute approximate surface area is 188 Å². The second-order valence-corrected chi connectivity index (χ2v) is 6.75. The number of furan rings is 1. The maximum absolute atomic E-state index is 12.7. The van der Waals surface area contributed by atoms with Gasteiger partial charge in [0.1, 0.15) is 0 Å². The molecule has 0 unspecified atom stereocenters. The van der Waals surface area contributed by atoms with Gasteiger partial charge in [0.2, 0.25) is 0 Å². The molecule has 2 N–H and O–H groups in total. The topological polar surface area (TPSA) is 116 Å². The average Bonchev–Trinajstić information content (AvgIpc) is 3.34. The Morgan fingerprint density at radius 3 is 2.28 bits per heavy atom. The van der Waals surface area contributed by atoms with Crippen molar-refractivity contribution in [2.75, 3.05) is 31.5 Å². The third kappa shape index (κ3) is 5.58. The lowest BCUT2D eigenvalue weighted by atomic mass is 10.1. The molecule has 0 aliphatic carbocycles. The van der Waals surface area contributed by atoms with E-state index in [2.05, 4.69) is 10.6 Å². The molecule has 3 rings (SSSR count). The summed E-state index contributed by atoms with van der Waals surface area (Å²) in [5.74, 6) is -1.44. The van der Waals surface area contributed by atoms with Crippen LogP contribution in [0.3, 0.4) is 0 Å². The zero-order chi connectivity index (χ0) is 23.1. The van der Waals surface area contributed by atoms with Gasteiger partial charge in [-0.05, 0) is 36.4 Å². The molecule has 166 valence electrons. The predicted octanol–water partition coefficient (Wildman–Crippen LogP) is 4.00. The summed E-state index contributed by atoms with van der Waals surface area (Å²) in [6.07, 6.45) is 1.35. The molecule has 1 aromatic heterocycles. The summed E-state index contributed by atoms with van der Waals surface area (Å²) in [7, 11) is 2.81. The van der Waals surface area contributed by atoms with E-state index in [-0.39, 0.29) is 28.5 Å². The summed E-state index contributed by atoms with van der Waals surface area (Å²) in [5, 5.41) is 5.67. The number of nitrogens with one attached hydrogen (secondary N) is 2. The molecular weight excluding hydrogens is 440 g/mol. The highest BCUT2D eigenvalue weighted by molar-refractivity contribution is 6.30. The van der Waals surface area contributed by atoms with Crippen molar-refractivity contribution in [3.8, 4) is 11.5 Å². The SMILES string of the molecule is COc1cc(NC(=O)c2ccco2)c(C(=O)OCC(=O)Nc2ccc(Cl)cc2)cc1OC. The van der Waals surface area contributed by atoms with Crippen LogP contribution in [0.5, 0.6) is 11.5 Å². The summed E-state index contributed by atoms with van der Waals surface area (Å²) in [6.45, 7) is -0.554. The Morgan fingerprint density at radius 2 is 1.66 bits per heavy atom. The smallest absolute Gasteiger partial charge is 0.340 e. The second-order valence-electron chi connectivity index (χ2n) is 6.32. The van der Waals surface area contributed by atoms with E-state index in [4.69, 9.17) is 30.2 Å². The van der Waals surface area contributed by atoms with Gasteiger partial charge in [-0.2, -0.15) is 0 Å². The minimum absolute atomic E-state index is 0.0400. The number of rotatable bonds is 8. The Bertz CT molecular complexity index is 1110. The molecule has 2 amide bonds. The number of halogens is 1. The molecule has 0 fully saturated rings. The van der Waals surface area contributed by atoms with Crippen molar-refractivity contribution >= 4 is 40.8 Å². The fourth-order valence-corrected chi connectivity index (χ4v) is 2.81. The van der Waals surface area contributed by atoms with Gasteiger partial charge in [-0.3, -0.25) is 9.59 Å². The first kappa shape index (κ1) is 22.7. The highest BCUT2D eigenvalue weighted by Crippen LogP contribution is 2.34. The number of amides is 2. The maximum atomic E-state index is 12.7. The summed E-state index contributed by atoms with van der Waals surface area (Å²) < 4.78 is 20.6. The molecule has 10 heteroatoms. The third-order valence-electron chi connectivity index (χ3n) is 4.20. The average molecular weight is 459 g/mol. The molecule has 0 atom stereocenters. The number of hydrogen-bond acceptors (Lipinski definition) is 7. The molecule has 2 aromatic carbocycles. The fraction of sp³-hybridized carbons (Fsp3) is 0.136. The van der Waals surface area contributed by atoms with Gasteiger partial charge in [0.15, 0.2) is 23.9 Å². The van der Waals surface area contributed by atoms with Gasteiger partial charge in [0.25, 0.3) is 11.8 Å². The number of anilines is 2. The van der Waals surface area contributed by atoms with Crippen LogP contribution in [0.2, 0.25) is 5.02 Å². The number of methoxy groups -OCH3 is 2.